The Hall–Kier alpha value is -2.17. The molecule has 0 unspecified atom stereocenters. The van der Waals surface area contributed by atoms with Gasteiger partial charge in [-0.2, -0.15) is 5.10 Å². The van der Waals surface area contributed by atoms with E-state index in [1.807, 2.05) is 19.9 Å². The first-order valence-corrected chi connectivity index (χ1v) is 6.61. The van der Waals surface area contributed by atoms with Crippen LogP contribution in [0.1, 0.15) is 41.2 Å². The molecule has 106 valence electrons. The normalized spacial score (nSPS) is 10.8. The number of benzene rings is 1. The van der Waals surface area contributed by atoms with Gasteiger partial charge in [0.15, 0.2) is 0 Å². The molecule has 0 aliphatic rings. The standard InChI is InChI=1S/C15H17FN2O2/c1-3-13-8-14(4-2)18(17-13)9-10-5-11(15(19)20)7-12(16)6-10/h5-8H,3-4,9H2,1-2H3,(H,19,20). The van der Waals surface area contributed by atoms with Crippen molar-refractivity contribution in [1.82, 2.24) is 9.78 Å². The van der Waals surface area contributed by atoms with E-state index in [2.05, 4.69) is 5.10 Å². The number of aryl methyl sites for hydroxylation is 2. The van der Waals surface area contributed by atoms with E-state index in [-0.39, 0.29) is 5.56 Å². The zero-order valence-corrected chi connectivity index (χ0v) is 11.6. The molecule has 1 N–H and O–H groups in total. The van der Waals surface area contributed by atoms with Gasteiger partial charge in [-0.3, -0.25) is 4.68 Å². The topological polar surface area (TPSA) is 55.1 Å². The number of carboxylic acid groups (broad SMARTS) is 1. The van der Waals surface area contributed by atoms with E-state index in [9.17, 15) is 9.18 Å². The molecule has 0 bridgehead atoms. The predicted octanol–water partition coefficient (Wildman–Crippen LogP) is 2.89. The van der Waals surface area contributed by atoms with Gasteiger partial charge in [0, 0.05) is 5.69 Å². The summed E-state index contributed by atoms with van der Waals surface area (Å²) in [5, 5.41) is 13.4. The molecule has 0 spiro atoms. The summed E-state index contributed by atoms with van der Waals surface area (Å²) in [5.41, 5.74) is 2.60. The zero-order valence-electron chi connectivity index (χ0n) is 11.6. The summed E-state index contributed by atoms with van der Waals surface area (Å²) in [6.07, 6.45) is 1.66. The summed E-state index contributed by atoms with van der Waals surface area (Å²) in [7, 11) is 0. The number of rotatable bonds is 5. The van der Waals surface area contributed by atoms with Crippen LogP contribution in [0.2, 0.25) is 0 Å². The van der Waals surface area contributed by atoms with Crippen LogP contribution in [-0.4, -0.2) is 20.9 Å². The number of nitrogens with zero attached hydrogens (tertiary/aromatic N) is 2. The summed E-state index contributed by atoms with van der Waals surface area (Å²) in [4.78, 5) is 10.9. The van der Waals surface area contributed by atoms with E-state index in [0.717, 1.165) is 30.3 Å². The van der Waals surface area contributed by atoms with Gasteiger partial charge in [0.2, 0.25) is 0 Å². The van der Waals surface area contributed by atoms with E-state index in [4.69, 9.17) is 5.11 Å². The molecule has 0 saturated heterocycles. The molecule has 1 aromatic carbocycles. The third-order valence-corrected chi connectivity index (χ3v) is 3.18. The monoisotopic (exact) mass is 276 g/mol. The Morgan fingerprint density at radius 1 is 1.25 bits per heavy atom. The van der Waals surface area contributed by atoms with Crippen LogP contribution in [0.4, 0.5) is 4.39 Å². The Labute approximate surface area is 116 Å². The maximum Gasteiger partial charge on any atom is 0.335 e. The minimum Gasteiger partial charge on any atom is -0.478 e. The molecule has 2 rings (SSSR count). The Bertz CT molecular complexity index is 635. The first-order valence-electron chi connectivity index (χ1n) is 6.61. The van der Waals surface area contributed by atoms with Gasteiger partial charge in [0.1, 0.15) is 5.82 Å². The van der Waals surface area contributed by atoms with Gasteiger partial charge >= 0.3 is 5.97 Å². The fourth-order valence-electron chi connectivity index (χ4n) is 2.15. The van der Waals surface area contributed by atoms with Crippen molar-refractivity contribution in [3.05, 3.63) is 52.6 Å². The predicted molar refractivity (Wildman–Crippen MR) is 73.4 cm³/mol. The molecular weight excluding hydrogens is 259 g/mol. The van der Waals surface area contributed by atoms with E-state index < -0.39 is 11.8 Å². The van der Waals surface area contributed by atoms with Gasteiger partial charge in [-0.15, -0.1) is 0 Å². The molecule has 0 saturated carbocycles. The smallest absolute Gasteiger partial charge is 0.335 e. The number of carbonyl (C=O) groups is 1. The fraction of sp³-hybridized carbons (Fsp3) is 0.333. The first kappa shape index (κ1) is 14.2. The van der Waals surface area contributed by atoms with Crippen molar-refractivity contribution in [2.75, 3.05) is 0 Å². The van der Waals surface area contributed by atoms with Crippen molar-refractivity contribution < 1.29 is 14.3 Å². The van der Waals surface area contributed by atoms with Gasteiger partial charge in [0.05, 0.1) is 17.8 Å². The highest BCUT2D eigenvalue weighted by molar-refractivity contribution is 5.87. The van der Waals surface area contributed by atoms with Crippen LogP contribution >= 0.6 is 0 Å². The second-order valence-electron chi connectivity index (χ2n) is 4.65. The third kappa shape index (κ3) is 3.04. The molecule has 0 aliphatic carbocycles. The Balaban J connectivity index is 2.34. The van der Waals surface area contributed by atoms with E-state index in [0.29, 0.717) is 12.1 Å². The molecule has 20 heavy (non-hydrogen) atoms. The number of halogens is 1. The van der Waals surface area contributed by atoms with Crippen LogP contribution in [0.3, 0.4) is 0 Å². The highest BCUT2D eigenvalue weighted by Crippen LogP contribution is 2.13. The molecule has 0 radical (unpaired) electrons. The minimum absolute atomic E-state index is 0.0408. The molecule has 0 amide bonds. The highest BCUT2D eigenvalue weighted by Gasteiger charge is 2.10. The molecule has 0 aliphatic heterocycles. The molecule has 0 atom stereocenters. The van der Waals surface area contributed by atoms with Crippen molar-refractivity contribution in [2.24, 2.45) is 0 Å². The molecule has 4 nitrogen and oxygen atoms in total. The van der Waals surface area contributed by atoms with Crippen LogP contribution in [0, 0.1) is 5.82 Å². The zero-order chi connectivity index (χ0) is 14.7. The van der Waals surface area contributed by atoms with Crippen LogP contribution in [0.5, 0.6) is 0 Å². The third-order valence-electron chi connectivity index (χ3n) is 3.18. The van der Waals surface area contributed by atoms with Crippen molar-refractivity contribution in [3.8, 4) is 0 Å². The van der Waals surface area contributed by atoms with Gasteiger partial charge in [-0.05, 0) is 42.7 Å². The lowest BCUT2D eigenvalue weighted by atomic mass is 10.1. The number of carboxylic acids is 1. The summed E-state index contributed by atoms with van der Waals surface area (Å²) in [6.45, 7) is 4.43. The average molecular weight is 276 g/mol. The summed E-state index contributed by atoms with van der Waals surface area (Å²) in [5.74, 6) is -1.67. The minimum atomic E-state index is -1.13. The number of aromatic nitrogens is 2. The Kier molecular flexibility index (Phi) is 4.17. The van der Waals surface area contributed by atoms with Gasteiger partial charge in [-0.25, -0.2) is 9.18 Å². The number of hydrogen-bond acceptors (Lipinski definition) is 2. The quantitative estimate of drug-likeness (QED) is 0.913. The van der Waals surface area contributed by atoms with E-state index >= 15 is 0 Å². The SMILES string of the molecule is CCc1cc(CC)n(Cc2cc(F)cc(C(=O)O)c2)n1. The van der Waals surface area contributed by atoms with Crippen molar-refractivity contribution in [1.29, 1.82) is 0 Å². The summed E-state index contributed by atoms with van der Waals surface area (Å²) in [6, 6.07) is 5.88. The van der Waals surface area contributed by atoms with Crippen LogP contribution < -0.4 is 0 Å². The van der Waals surface area contributed by atoms with Crippen molar-refractivity contribution in [2.45, 2.75) is 33.2 Å². The Morgan fingerprint density at radius 3 is 2.60 bits per heavy atom. The van der Waals surface area contributed by atoms with Crippen LogP contribution in [0.15, 0.2) is 24.3 Å². The summed E-state index contributed by atoms with van der Waals surface area (Å²) >= 11 is 0. The Morgan fingerprint density at radius 2 is 2.00 bits per heavy atom. The molecule has 1 heterocycles. The first-order chi connectivity index (χ1) is 9.53. The van der Waals surface area contributed by atoms with Gasteiger partial charge < -0.3 is 5.11 Å². The number of hydrogen-bond donors (Lipinski definition) is 1. The van der Waals surface area contributed by atoms with Crippen molar-refractivity contribution in [3.63, 3.8) is 0 Å². The van der Waals surface area contributed by atoms with E-state index in [1.165, 1.54) is 12.1 Å². The van der Waals surface area contributed by atoms with Gasteiger partial charge in [-0.1, -0.05) is 13.8 Å². The van der Waals surface area contributed by atoms with Gasteiger partial charge in [0.25, 0.3) is 0 Å². The lowest BCUT2D eigenvalue weighted by Gasteiger charge is -2.07. The fourth-order valence-corrected chi connectivity index (χ4v) is 2.15. The molecule has 2 aromatic rings. The largest absolute Gasteiger partial charge is 0.478 e. The van der Waals surface area contributed by atoms with E-state index in [1.54, 1.807) is 4.68 Å². The average Bonchev–Trinajstić information content (AvgIpc) is 2.80. The maximum atomic E-state index is 13.5. The van der Waals surface area contributed by atoms with Crippen molar-refractivity contribution >= 4 is 5.97 Å². The second kappa shape index (κ2) is 5.86. The molecule has 1 aromatic heterocycles. The van der Waals surface area contributed by atoms with Crippen LogP contribution in [0.25, 0.3) is 0 Å². The highest BCUT2D eigenvalue weighted by atomic mass is 19.1. The molecule has 5 heteroatoms. The second-order valence-corrected chi connectivity index (χ2v) is 4.65. The molecule has 0 fully saturated rings. The molecular formula is C15H17FN2O2. The lowest BCUT2D eigenvalue weighted by Crippen LogP contribution is -2.08. The maximum absolute atomic E-state index is 13.5. The summed E-state index contributed by atoms with van der Waals surface area (Å²) < 4.78 is 15.3. The number of aromatic carboxylic acids is 1. The lowest BCUT2D eigenvalue weighted by molar-refractivity contribution is 0.0696. The van der Waals surface area contributed by atoms with Crippen LogP contribution in [-0.2, 0) is 19.4 Å².